The van der Waals surface area contributed by atoms with Crippen LogP contribution in [0.5, 0.6) is 0 Å². The van der Waals surface area contributed by atoms with E-state index in [0.29, 0.717) is 18.7 Å². The first-order valence-electron chi connectivity index (χ1n) is 4.84. The van der Waals surface area contributed by atoms with Crippen molar-refractivity contribution in [2.45, 2.75) is 12.8 Å². The van der Waals surface area contributed by atoms with E-state index in [1.165, 1.54) is 12.1 Å². The van der Waals surface area contributed by atoms with Gasteiger partial charge in [0.1, 0.15) is 5.82 Å². The molecular formula is C11H14FNOS. The Bertz CT molecular complexity index is 313. The molecule has 15 heavy (non-hydrogen) atoms. The summed E-state index contributed by atoms with van der Waals surface area (Å²) >= 11 is 3.96. The molecule has 0 aliphatic rings. The zero-order valence-corrected chi connectivity index (χ0v) is 9.27. The van der Waals surface area contributed by atoms with Crippen molar-refractivity contribution in [3.63, 3.8) is 0 Å². The van der Waals surface area contributed by atoms with E-state index in [1.54, 1.807) is 12.1 Å². The molecule has 2 nitrogen and oxygen atoms in total. The quantitative estimate of drug-likeness (QED) is 0.738. The molecule has 0 fully saturated rings. The van der Waals surface area contributed by atoms with E-state index in [4.69, 9.17) is 0 Å². The minimum absolute atomic E-state index is 0.00658. The van der Waals surface area contributed by atoms with Gasteiger partial charge in [-0.05, 0) is 29.9 Å². The third kappa shape index (κ3) is 4.83. The monoisotopic (exact) mass is 227 g/mol. The maximum atomic E-state index is 12.6. The average Bonchev–Trinajstić information content (AvgIpc) is 2.21. The van der Waals surface area contributed by atoms with Gasteiger partial charge in [-0.3, -0.25) is 4.79 Å². The van der Waals surface area contributed by atoms with Gasteiger partial charge >= 0.3 is 0 Å². The van der Waals surface area contributed by atoms with Crippen molar-refractivity contribution >= 4 is 18.5 Å². The second-order valence-electron chi connectivity index (χ2n) is 3.20. The summed E-state index contributed by atoms with van der Waals surface area (Å²) in [7, 11) is 0. The Morgan fingerprint density at radius 3 is 2.60 bits per heavy atom. The molecule has 0 aliphatic carbocycles. The Morgan fingerprint density at radius 1 is 1.33 bits per heavy atom. The van der Waals surface area contributed by atoms with E-state index in [1.807, 2.05) is 0 Å². The predicted octanol–water partition coefficient (Wildman–Crippen LogP) is 1.80. The first-order chi connectivity index (χ1) is 7.22. The second-order valence-corrected chi connectivity index (χ2v) is 3.65. The molecule has 0 unspecified atom stereocenters. The molecule has 1 aromatic carbocycles. The third-order valence-electron chi connectivity index (χ3n) is 1.99. The Balaban J connectivity index is 2.26. The molecule has 0 bridgehead atoms. The molecule has 0 aliphatic heterocycles. The molecule has 4 heteroatoms. The Morgan fingerprint density at radius 2 is 2.00 bits per heavy atom. The van der Waals surface area contributed by atoms with Gasteiger partial charge in [-0.1, -0.05) is 12.1 Å². The first-order valence-corrected chi connectivity index (χ1v) is 5.47. The van der Waals surface area contributed by atoms with Crippen molar-refractivity contribution in [1.82, 2.24) is 5.32 Å². The van der Waals surface area contributed by atoms with Crippen LogP contribution in [0.15, 0.2) is 24.3 Å². The fourth-order valence-electron chi connectivity index (χ4n) is 1.19. The molecule has 1 amide bonds. The van der Waals surface area contributed by atoms with Crippen molar-refractivity contribution in [2.75, 3.05) is 12.3 Å². The van der Waals surface area contributed by atoms with Crippen LogP contribution < -0.4 is 5.32 Å². The lowest BCUT2D eigenvalue weighted by molar-refractivity contribution is -0.120. The molecule has 1 rings (SSSR count). The summed E-state index contributed by atoms with van der Waals surface area (Å²) in [6, 6.07) is 6.29. The summed E-state index contributed by atoms with van der Waals surface area (Å²) in [5, 5.41) is 2.77. The summed E-state index contributed by atoms with van der Waals surface area (Å²) in [5.41, 5.74) is 1.02. The number of nitrogens with one attached hydrogen (secondary N) is 1. The lowest BCUT2D eigenvalue weighted by atomic mass is 10.1. The fraction of sp³-hybridized carbons (Fsp3) is 0.364. The van der Waals surface area contributed by atoms with Gasteiger partial charge < -0.3 is 5.32 Å². The van der Waals surface area contributed by atoms with Crippen LogP contribution in [-0.4, -0.2) is 18.2 Å². The summed E-state index contributed by atoms with van der Waals surface area (Å²) < 4.78 is 12.6. The molecule has 0 radical (unpaired) electrons. The van der Waals surface area contributed by atoms with Gasteiger partial charge in [-0.25, -0.2) is 4.39 Å². The van der Waals surface area contributed by atoms with Crippen LogP contribution in [0.4, 0.5) is 4.39 Å². The Hall–Kier alpha value is -1.03. The Kier molecular flexibility index (Phi) is 5.18. The molecule has 0 saturated carbocycles. The maximum absolute atomic E-state index is 12.6. The highest BCUT2D eigenvalue weighted by atomic mass is 32.1. The highest BCUT2D eigenvalue weighted by Gasteiger charge is 1.98. The SMILES string of the molecule is O=C(CCS)NCCc1ccc(F)cc1. The van der Waals surface area contributed by atoms with E-state index >= 15 is 0 Å². The highest BCUT2D eigenvalue weighted by molar-refractivity contribution is 7.80. The molecule has 0 heterocycles. The number of rotatable bonds is 5. The van der Waals surface area contributed by atoms with Crippen LogP contribution >= 0.6 is 12.6 Å². The number of hydrogen-bond donors (Lipinski definition) is 2. The minimum atomic E-state index is -0.238. The maximum Gasteiger partial charge on any atom is 0.220 e. The lowest BCUT2D eigenvalue weighted by Gasteiger charge is -2.04. The average molecular weight is 227 g/mol. The van der Waals surface area contributed by atoms with Gasteiger partial charge in [0.25, 0.3) is 0 Å². The summed E-state index contributed by atoms with van der Waals surface area (Å²) in [6.45, 7) is 0.582. The third-order valence-corrected chi connectivity index (χ3v) is 2.21. The van der Waals surface area contributed by atoms with Gasteiger partial charge in [0.05, 0.1) is 0 Å². The summed E-state index contributed by atoms with van der Waals surface area (Å²) in [5.74, 6) is 0.326. The zero-order valence-electron chi connectivity index (χ0n) is 8.37. The topological polar surface area (TPSA) is 29.1 Å². The van der Waals surface area contributed by atoms with Gasteiger partial charge in [-0.2, -0.15) is 12.6 Å². The predicted molar refractivity (Wildman–Crippen MR) is 61.6 cm³/mol. The van der Waals surface area contributed by atoms with Crippen molar-refractivity contribution in [1.29, 1.82) is 0 Å². The van der Waals surface area contributed by atoms with Crippen LogP contribution in [-0.2, 0) is 11.2 Å². The van der Waals surface area contributed by atoms with E-state index in [0.717, 1.165) is 12.0 Å². The van der Waals surface area contributed by atoms with Crippen molar-refractivity contribution < 1.29 is 9.18 Å². The van der Waals surface area contributed by atoms with Crippen LogP contribution in [0.3, 0.4) is 0 Å². The van der Waals surface area contributed by atoms with Crippen molar-refractivity contribution in [3.05, 3.63) is 35.6 Å². The molecule has 0 atom stereocenters. The van der Waals surface area contributed by atoms with Crippen LogP contribution in [0.25, 0.3) is 0 Å². The van der Waals surface area contributed by atoms with E-state index < -0.39 is 0 Å². The fourth-order valence-corrected chi connectivity index (χ4v) is 1.39. The number of amides is 1. The molecule has 0 saturated heterocycles. The molecule has 82 valence electrons. The number of benzene rings is 1. The molecule has 1 N–H and O–H groups in total. The molecule has 1 aromatic rings. The number of hydrogen-bond acceptors (Lipinski definition) is 2. The van der Waals surface area contributed by atoms with Crippen LogP contribution in [0.2, 0.25) is 0 Å². The Labute approximate surface area is 94.3 Å². The lowest BCUT2D eigenvalue weighted by Crippen LogP contribution is -2.25. The standard InChI is InChI=1S/C11H14FNOS/c12-10-3-1-9(2-4-10)5-7-13-11(14)6-8-15/h1-4,15H,5-8H2,(H,13,14). The van der Waals surface area contributed by atoms with Gasteiger partial charge in [0.15, 0.2) is 0 Å². The minimum Gasteiger partial charge on any atom is -0.356 e. The summed E-state index contributed by atoms with van der Waals surface area (Å²) in [4.78, 5) is 11.1. The van der Waals surface area contributed by atoms with Gasteiger partial charge in [0.2, 0.25) is 5.91 Å². The normalized spacial score (nSPS) is 10.0. The van der Waals surface area contributed by atoms with E-state index in [-0.39, 0.29) is 11.7 Å². The largest absolute Gasteiger partial charge is 0.356 e. The smallest absolute Gasteiger partial charge is 0.220 e. The first kappa shape index (κ1) is 12.0. The highest BCUT2D eigenvalue weighted by Crippen LogP contribution is 2.02. The van der Waals surface area contributed by atoms with Crippen molar-refractivity contribution in [3.8, 4) is 0 Å². The van der Waals surface area contributed by atoms with Crippen molar-refractivity contribution in [2.24, 2.45) is 0 Å². The van der Waals surface area contributed by atoms with Gasteiger partial charge in [0, 0.05) is 13.0 Å². The molecular weight excluding hydrogens is 213 g/mol. The second kappa shape index (κ2) is 6.45. The molecule has 0 aromatic heterocycles. The number of carbonyl (C=O) groups excluding carboxylic acids is 1. The number of halogens is 1. The zero-order chi connectivity index (χ0) is 11.1. The number of thiol groups is 1. The summed E-state index contributed by atoms with van der Waals surface area (Å²) in [6.07, 6.45) is 1.16. The van der Waals surface area contributed by atoms with E-state index in [9.17, 15) is 9.18 Å². The van der Waals surface area contributed by atoms with Crippen LogP contribution in [0.1, 0.15) is 12.0 Å². The van der Waals surface area contributed by atoms with Crippen LogP contribution in [0, 0.1) is 5.82 Å². The van der Waals surface area contributed by atoms with Gasteiger partial charge in [-0.15, -0.1) is 0 Å². The number of carbonyl (C=O) groups is 1. The van der Waals surface area contributed by atoms with E-state index in [2.05, 4.69) is 17.9 Å². The molecule has 0 spiro atoms.